The van der Waals surface area contributed by atoms with Crippen molar-refractivity contribution in [1.29, 1.82) is 0 Å². The van der Waals surface area contributed by atoms with Crippen LogP contribution < -0.4 is 11.1 Å². The zero-order valence-electron chi connectivity index (χ0n) is 9.80. The van der Waals surface area contributed by atoms with E-state index in [0.717, 1.165) is 15.7 Å². The first-order valence-corrected chi connectivity index (χ1v) is 6.02. The number of halogens is 1. The van der Waals surface area contributed by atoms with Crippen LogP contribution in [0.4, 0.5) is 5.69 Å². The lowest BCUT2D eigenvalue weighted by molar-refractivity contribution is -0.120. The van der Waals surface area contributed by atoms with Gasteiger partial charge in [0.2, 0.25) is 5.91 Å². The average molecular weight is 285 g/mol. The number of carbonyl (C=O) groups is 1. The largest absolute Gasteiger partial charge is 0.324 e. The molecule has 0 aliphatic heterocycles. The minimum atomic E-state index is -0.818. The van der Waals surface area contributed by atoms with Crippen LogP contribution >= 0.6 is 15.9 Å². The van der Waals surface area contributed by atoms with Gasteiger partial charge in [-0.2, -0.15) is 0 Å². The molecule has 0 aromatic heterocycles. The third-order valence-electron chi connectivity index (χ3n) is 2.67. The molecule has 1 amide bonds. The molecule has 1 atom stereocenters. The second-order valence-corrected chi connectivity index (χ2v) is 5.04. The van der Waals surface area contributed by atoms with Crippen LogP contribution in [0.3, 0.4) is 0 Å². The van der Waals surface area contributed by atoms with Gasteiger partial charge in [0.15, 0.2) is 0 Å². The molecule has 0 spiro atoms. The Hall–Kier alpha value is -0.870. The van der Waals surface area contributed by atoms with Crippen molar-refractivity contribution in [3.8, 4) is 0 Å². The van der Waals surface area contributed by atoms with Crippen LogP contribution in [0, 0.1) is 6.92 Å². The third kappa shape index (κ3) is 3.06. The van der Waals surface area contributed by atoms with Crippen molar-refractivity contribution in [2.24, 2.45) is 5.73 Å². The van der Waals surface area contributed by atoms with Crippen LogP contribution in [-0.2, 0) is 4.79 Å². The Morgan fingerprint density at radius 3 is 2.69 bits per heavy atom. The fourth-order valence-corrected chi connectivity index (χ4v) is 1.40. The number of hydrogen-bond acceptors (Lipinski definition) is 2. The van der Waals surface area contributed by atoms with Gasteiger partial charge in [-0.1, -0.05) is 22.9 Å². The van der Waals surface area contributed by atoms with Crippen molar-refractivity contribution in [2.45, 2.75) is 32.7 Å². The predicted molar refractivity (Wildman–Crippen MR) is 70.4 cm³/mol. The first kappa shape index (κ1) is 13.2. The summed E-state index contributed by atoms with van der Waals surface area (Å²) in [6.07, 6.45) is 0.605. The Morgan fingerprint density at radius 2 is 2.19 bits per heavy atom. The number of anilines is 1. The molecule has 0 fully saturated rings. The molecule has 0 heterocycles. The van der Waals surface area contributed by atoms with Gasteiger partial charge in [0.1, 0.15) is 0 Å². The van der Waals surface area contributed by atoms with Gasteiger partial charge in [-0.05, 0) is 44.0 Å². The number of amides is 1. The lowest BCUT2D eigenvalue weighted by Crippen LogP contribution is -2.47. The SMILES string of the molecule is CCC(C)(N)C(=O)Nc1ccc(Br)c(C)c1. The van der Waals surface area contributed by atoms with Crippen LogP contribution in [0.5, 0.6) is 0 Å². The highest BCUT2D eigenvalue weighted by Gasteiger charge is 2.25. The maximum atomic E-state index is 11.8. The van der Waals surface area contributed by atoms with E-state index < -0.39 is 5.54 Å². The fourth-order valence-electron chi connectivity index (χ4n) is 1.16. The van der Waals surface area contributed by atoms with E-state index in [9.17, 15) is 4.79 Å². The van der Waals surface area contributed by atoms with Crippen molar-refractivity contribution in [3.05, 3.63) is 28.2 Å². The summed E-state index contributed by atoms with van der Waals surface area (Å²) in [6, 6.07) is 5.67. The molecule has 3 N–H and O–H groups in total. The summed E-state index contributed by atoms with van der Waals surface area (Å²) >= 11 is 3.41. The zero-order valence-corrected chi connectivity index (χ0v) is 11.4. The number of carbonyl (C=O) groups excluding carboxylic acids is 1. The molecule has 16 heavy (non-hydrogen) atoms. The van der Waals surface area contributed by atoms with E-state index in [-0.39, 0.29) is 5.91 Å². The number of nitrogens with two attached hydrogens (primary N) is 1. The molecule has 0 bridgehead atoms. The standard InChI is InChI=1S/C12H17BrN2O/c1-4-12(3,14)11(16)15-9-5-6-10(13)8(2)7-9/h5-7H,4,14H2,1-3H3,(H,15,16). The highest BCUT2D eigenvalue weighted by Crippen LogP contribution is 2.20. The van der Waals surface area contributed by atoms with Gasteiger partial charge >= 0.3 is 0 Å². The van der Waals surface area contributed by atoms with Crippen LogP contribution in [0.15, 0.2) is 22.7 Å². The number of hydrogen-bond donors (Lipinski definition) is 2. The Balaban J connectivity index is 2.82. The van der Waals surface area contributed by atoms with E-state index in [1.54, 1.807) is 6.92 Å². The van der Waals surface area contributed by atoms with Crippen LogP contribution in [-0.4, -0.2) is 11.4 Å². The Kier molecular flexibility index (Phi) is 4.10. The second-order valence-electron chi connectivity index (χ2n) is 4.19. The Morgan fingerprint density at radius 1 is 1.56 bits per heavy atom. The van der Waals surface area contributed by atoms with Gasteiger partial charge in [-0.25, -0.2) is 0 Å². The van der Waals surface area contributed by atoms with Gasteiger partial charge in [0, 0.05) is 10.2 Å². The van der Waals surface area contributed by atoms with Crippen molar-refractivity contribution in [1.82, 2.24) is 0 Å². The highest BCUT2D eigenvalue weighted by atomic mass is 79.9. The van der Waals surface area contributed by atoms with E-state index >= 15 is 0 Å². The smallest absolute Gasteiger partial charge is 0.244 e. The first-order chi connectivity index (χ1) is 7.36. The minimum Gasteiger partial charge on any atom is -0.324 e. The summed E-state index contributed by atoms with van der Waals surface area (Å²) in [5, 5.41) is 2.82. The maximum Gasteiger partial charge on any atom is 0.244 e. The molecule has 0 saturated carbocycles. The molecule has 3 nitrogen and oxygen atoms in total. The molecule has 0 aliphatic carbocycles. The van der Waals surface area contributed by atoms with E-state index in [1.807, 2.05) is 32.0 Å². The summed E-state index contributed by atoms with van der Waals surface area (Å²) in [6.45, 7) is 5.60. The molecule has 0 radical (unpaired) electrons. The zero-order chi connectivity index (χ0) is 12.3. The maximum absolute atomic E-state index is 11.8. The van der Waals surface area contributed by atoms with Gasteiger partial charge in [-0.15, -0.1) is 0 Å². The van der Waals surface area contributed by atoms with Crippen LogP contribution in [0.25, 0.3) is 0 Å². The summed E-state index contributed by atoms with van der Waals surface area (Å²) in [5.74, 6) is -0.156. The number of benzene rings is 1. The van der Waals surface area contributed by atoms with Gasteiger partial charge in [-0.3, -0.25) is 4.79 Å². The van der Waals surface area contributed by atoms with Gasteiger partial charge in [0.05, 0.1) is 5.54 Å². The number of aryl methyl sites for hydroxylation is 1. The lowest BCUT2D eigenvalue weighted by atomic mass is 9.99. The van der Waals surface area contributed by atoms with Crippen molar-refractivity contribution >= 4 is 27.5 Å². The summed E-state index contributed by atoms with van der Waals surface area (Å²) in [7, 11) is 0. The third-order valence-corrected chi connectivity index (χ3v) is 3.56. The molecule has 88 valence electrons. The van der Waals surface area contributed by atoms with Gasteiger partial charge < -0.3 is 11.1 Å². The second kappa shape index (κ2) is 4.97. The first-order valence-electron chi connectivity index (χ1n) is 5.23. The molecule has 1 aromatic rings. The molecule has 0 aliphatic rings. The normalized spacial score (nSPS) is 14.3. The van der Waals surface area contributed by atoms with E-state index in [4.69, 9.17) is 5.73 Å². The van der Waals surface area contributed by atoms with Crippen LogP contribution in [0.1, 0.15) is 25.8 Å². The minimum absolute atomic E-state index is 0.156. The molecule has 1 unspecified atom stereocenters. The summed E-state index contributed by atoms with van der Waals surface area (Å²) in [5.41, 5.74) is 6.89. The molecule has 1 rings (SSSR count). The monoisotopic (exact) mass is 284 g/mol. The molecular weight excluding hydrogens is 268 g/mol. The fraction of sp³-hybridized carbons (Fsp3) is 0.417. The average Bonchev–Trinajstić information content (AvgIpc) is 2.23. The molecule has 0 saturated heterocycles. The van der Waals surface area contributed by atoms with Gasteiger partial charge in [0.25, 0.3) is 0 Å². The van der Waals surface area contributed by atoms with Crippen LogP contribution in [0.2, 0.25) is 0 Å². The van der Waals surface area contributed by atoms with E-state index in [0.29, 0.717) is 6.42 Å². The Bertz CT molecular complexity index is 402. The van der Waals surface area contributed by atoms with Crippen molar-refractivity contribution in [3.63, 3.8) is 0 Å². The molecule has 4 heteroatoms. The Labute approximate surface area is 105 Å². The van der Waals surface area contributed by atoms with E-state index in [2.05, 4.69) is 21.2 Å². The van der Waals surface area contributed by atoms with Crippen molar-refractivity contribution in [2.75, 3.05) is 5.32 Å². The predicted octanol–water partition coefficient (Wildman–Crippen LogP) is 2.82. The topological polar surface area (TPSA) is 55.1 Å². The quantitative estimate of drug-likeness (QED) is 0.897. The van der Waals surface area contributed by atoms with Crippen molar-refractivity contribution < 1.29 is 4.79 Å². The number of nitrogens with one attached hydrogen (secondary N) is 1. The highest BCUT2D eigenvalue weighted by molar-refractivity contribution is 9.10. The number of rotatable bonds is 3. The molecule has 1 aromatic carbocycles. The summed E-state index contributed by atoms with van der Waals surface area (Å²) in [4.78, 5) is 11.8. The molecular formula is C12H17BrN2O. The summed E-state index contributed by atoms with van der Waals surface area (Å²) < 4.78 is 1.02. The lowest BCUT2D eigenvalue weighted by Gasteiger charge is -2.21. The van der Waals surface area contributed by atoms with E-state index in [1.165, 1.54) is 0 Å².